The van der Waals surface area contributed by atoms with Crippen LogP contribution in [0.5, 0.6) is 0 Å². The van der Waals surface area contributed by atoms with Crippen molar-refractivity contribution in [3.8, 4) is 11.3 Å². The second-order valence-electron chi connectivity index (χ2n) is 7.32. The van der Waals surface area contributed by atoms with Gasteiger partial charge in [-0.3, -0.25) is 14.6 Å². The first-order valence-corrected chi connectivity index (χ1v) is 10.0. The lowest BCUT2D eigenvalue weighted by Crippen LogP contribution is -2.26. The molecule has 160 valence electrons. The van der Waals surface area contributed by atoms with Gasteiger partial charge in [0.1, 0.15) is 17.0 Å². The first kappa shape index (κ1) is 19.6. The van der Waals surface area contributed by atoms with Crippen LogP contribution in [0.1, 0.15) is 16.9 Å². The zero-order valence-corrected chi connectivity index (χ0v) is 16.9. The molecule has 0 saturated heterocycles. The Morgan fingerprint density at radius 3 is 2.88 bits per heavy atom. The monoisotopic (exact) mass is 430 g/mol. The van der Waals surface area contributed by atoms with Gasteiger partial charge in [0.15, 0.2) is 5.82 Å². The van der Waals surface area contributed by atoms with Gasteiger partial charge in [-0.2, -0.15) is 10.2 Å². The number of hydrogen-bond donors (Lipinski definition) is 3. The van der Waals surface area contributed by atoms with Crippen molar-refractivity contribution in [3.63, 3.8) is 0 Å². The summed E-state index contributed by atoms with van der Waals surface area (Å²) in [6, 6.07) is 10.4. The van der Waals surface area contributed by atoms with Crippen LogP contribution in [-0.4, -0.2) is 42.4 Å². The molecule has 0 spiro atoms. The maximum atomic E-state index is 12.9. The summed E-state index contributed by atoms with van der Waals surface area (Å²) in [6.45, 7) is 1.01. The number of carbonyl (C=O) groups excluding carboxylic acids is 1. The SMILES string of the molecule is Nc1nc2cc(-c3ccn[nH]3)ccc2c2cn(CCCNC(=O)c3ccc(F)cn3)nc12. The number of H-pyrrole nitrogens is 1. The van der Waals surface area contributed by atoms with E-state index in [0.717, 1.165) is 33.7 Å². The summed E-state index contributed by atoms with van der Waals surface area (Å²) < 4.78 is 14.7. The molecule has 0 fully saturated rings. The van der Waals surface area contributed by atoms with Crippen molar-refractivity contribution in [1.82, 2.24) is 35.3 Å². The Labute approximate surface area is 181 Å². The first-order chi connectivity index (χ1) is 15.6. The fourth-order valence-electron chi connectivity index (χ4n) is 3.58. The van der Waals surface area contributed by atoms with Gasteiger partial charge in [-0.1, -0.05) is 12.1 Å². The van der Waals surface area contributed by atoms with Crippen LogP contribution < -0.4 is 11.1 Å². The topological polar surface area (TPSA) is 127 Å². The van der Waals surface area contributed by atoms with Crippen LogP contribution in [0, 0.1) is 5.82 Å². The van der Waals surface area contributed by atoms with E-state index in [1.54, 1.807) is 10.9 Å². The third kappa shape index (κ3) is 3.73. The Bertz CT molecular complexity index is 1410. The fourth-order valence-corrected chi connectivity index (χ4v) is 3.58. The minimum absolute atomic E-state index is 0.177. The predicted molar refractivity (Wildman–Crippen MR) is 118 cm³/mol. The smallest absolute Gasteiger partial charge is 0.269 e. The number of rotatable bonds is 6. The molecule has 0 radical (unpaired) electrons. The number of nitrogens with two attached hydrogens (primary N) is 1. The van der Waals surface area contributed by atoms with E-state index in [2.05, 4.69) is 30.6 Å². The molecule has 0 unspecified atom stereocenters. The van der Waals surface area contributed by atoms with Gasteiger partial charge >= 0.3 is 0 Å². The van der Waals surface area contributed by atoms with E-state index < -0.39 is 5.82 Å². The number of nitrogen functional groups attached to an aromatic ring is 1. The van der Waals surface area contributed by atoms with Crippen molar-refractivity contribution < 1.29 is 9.18 Å². The fraction of sp³-hybridized carbons (Fsp3) is 0.136. The molecule has 10 heteroatoms. The number of nitrogens with one attached hydrogen (secondary N) is 2. The molecule has 0 aliphatic rings. The Morgan fingerprint density at radius 2 is 2.09 bits per heavy atom. The van der Waals surface area contributed by atoms with Gasteiger partial charge in [-0.05, 0) is 30.7 Å². The van der Waals surface area contributed by atoms with Crippen molar-refractivity contribution in [3.05, 3.63) is 66.5 Å². The van der Waals surface area contributed by atoms with Gasteiger partial charge in [0.05, 0.1) is 17.4 Å². The number of amides is 1. The molecule has 32 heavy (non-hydrogen) atoms. The molecule has 0 aliphatic heterocycles. The Morgan fingerprint density at radius 1 is 1.19 bits per heavy atom. The number of fused-ring (bicyclic) bond motifs is 3. The van der Waals surface area contributed by atoms with Crippen LogP contribution >= 0.6 is 0 Å². The van der Waals surface area contributed by atoms with E-state index in [9.17, 15) is 9.18 Å². The van der Waals surface area contributed by atoms with Crippen LogP contribution in [0.2, 0.25) is 0 Å². The number of benzene rings is 1. The summed E-state index contributed by atoms with van der Waals surface area (Å²) in [4.78, 5) is 20.4. The Hall–Kier alpha value is -4.34. The van der Waals surface area contributed by atoms with Crippen molar-refractivity contribution in [2.24, 2.45) is 0 Å². The van der Waals surface area contributed by atoms with Crippen molar-refractivity contribution in [1.29, 1.82) is 0 Å². The molecule has 0 saturated carbocycles. The third-order valence-corrected chi connectivity index (χ3v) is 5.15. The van der Waals surface area contributed by atoms with E-state index in [4.69, 9.17) is 5.73 Å². The molecular weight excluding hydrogens is 411 g/mol. The van der Waals surface area contributed by atoms with Gasteiger partial charge in [-0.15, -0.1) is 0 Å². The average Bonchev–Trinajstić information content (AvgIpc) is 3.47. The van der Waals surface area contributed by atoms with E-state index in [0.29, 0.717) is 30.8 Å². The summed E-state index contributed by atoms with van der Waals surface area (Å²) in [5.74, 6) is -0.460. The second-order valence-corrected chi connectivity index (χ2v) is 7.32. The summed E-state index contributed by atoms with van der Waals surface area (Å²) >= 11 is 0. The molecule has 4 heterocycles. The first-order valence-electron chi connectivity index (χ1n) is 10.0. The summed E-state index contributed by atoms with van der Waals surface area (Å²) in [7, 11) is 0. The van der Waals surface area contributed by atoms with Crippen LogP contribution in [-0.2, 0) is 6.54 Å². The highest BCUT2D eigenvalue weighted by atomic mass is 19.1. The highest BCUT2D eigenvalue weighted by Crippen LogP contribution is 2.29. The quantitative estimate of drug-likeness (QED) is 0.356. The zero-order chi connectivity index (χ0) is 22.1. The van der Waals surface area contributed by atoms with Crippen molar-refractivity contribution >= 4 is 33.5 Å². The van der Waals surface area contributed by atoms with Gasteiger partial charge in [0.25, 0.3) is 5.91 Å². The number of carbonyl (C=O) groups is 1. The third-order valence-electron chi connectivity index (χ3n) is 5.15. The number of aromatic nitrogens is 6. The number of anilines is 1. The number of aromatic amines is 1. The van der Waals surface area contributed by atoms with Crippen molar-refractivity contribution in [2.75, 3.05) is 12.3 Å². The summed E-state index contributed by atoms with van der Waals surface area (Å²) in [5, 5.41) is 16.2. The Balaban J connectivity index is 1.30. The molecule has 5 rings (SSSR count). The minimum atomic E-state index is -0.480. The standard InChI is InChI=1S/C22H19FN8O/c23-14-3-5-18(26-11-14)22(32)25-7-1-9-31-12-16-15-4-2-13(17-6-8-27-29-17)10-19(15)28-21(24)20(16)30-31/h2-6,8,10-12H,1,7,9H2,(H2,24,28)(H,25,32)(H,27,29). The molecule has 1 aromatic carbocycles. The number of halogens is 1. The molecule has 9 nitrogen and oxygen atoms in total. The summed E-state index contributed by atoms with van der Waals surface area (Å²) in [5.41, 5.74) is 9.65. The lowest BCUT2D eigenvalue weighted by Gasteiger charge is -2.04. The normalized spacial score (nSPS) is 11.3. The summed E-state index contributed by atoms with van der Waals surface area (Å²) in [6.07, 6.45) is 5.31. The van der Waals surface area contributed by atoms with Crippen LogP contribution in [0.25, 0.3) is 33.1 Å². The van der Waals surface area contributed by atoms with E-state index in [1.807, 2.05) is 30.5 Å². The van der Waals surface area contributed by atoms with Gasteiger partial charge in [0.2, 0.25) is 0 Å². The van der Waals surface area contributed by atoms with Gasteiger partial charge in [0, 0.05) is 41.8 Å². The zero-order valence-electron chi connectivity index (χ0n) is 16.9. The maximum absolute atomic E-state index is 12.9. The predicted octanol–water partition coefficient (Wildman–Crippen LogP) is 2.91. The van der Waals surface area contributed by atoms with Crippen LogP contribution in [0.3, 0.4) is 0 Å². The van der Waals surface area contributed by atoms with E-state index in [1.165, 1.54) is 12.1 Å². The van der Waals surface area contributed by atoms with E-state index >= 15 is 0 Å². The highest BCUT2D eigenvalue weighted by Gasteiger charge is 2.12. The largest absolute Gasteiger partial charge is 0.382 e. The lowest BCUT2D eigenvalue weighted by atomic mass is 10.1. The molecule has 0 aliphatic carbocycles. The number of pyridine rings is 2. The average molecular weight is 430 g/mol. The van der Waals surface area contributed by atoms with Crippen LogP contribution in [0.4, 0.5) is 10.2 Å². The number of aryl methyl sites for hydroxylation is 1. The number of nitrogens with zero attached hydrogens (tertiary/aromatic N) is 5. The molecule has 0 atom stereocenters. The second kappa shape index (κ2) is 8.06. The van der Waals surface area contributed by atoms with E-state index in [-0.39, 0.29) is 11.6 Å². The Kier molecular flexibility index (Phi) is 4.94. The number of hydrogen-bond acceptors (Lipinski definition) is 6. The maximum Gasteiger partial charge on any atom is 0.269 e. The minimum Gasteiger partial charge on any atom is -0.382 e. The van der Waals surface area contributed by atoms with Crippen molar-refractivity contribution in [2.45, 2.75) is 13.0 Å². The van der Waals surface area contributed by atoms with Gasteiger partial charge in [-0.25, -0.2) is 14.4 Å². The molecular formula is C22H19FN8O. The molecule has 0 bridgehead atoms. The molecule has 4 aromatic heterocycles. The van der Waals surface area contributed by atoms with Gasteiger partial charge < -0.3 is 11.1 Å². The highest BCUT2D eigenvalue weighted by molar-refractivity contribution is 6.08. The molecule has 1 amide bonds. The van der Waals surface area contributed by atoms with Crippen LogP contribution in [0.15, 0.2) is 55.0 Å². The lowest BCUT2D eigenvalue weighted by molar-refractivity contribution is 0.0947. The molecule has 4 N–H and O–H groups in total. The molecule has 5 aromatic rings.